The zero-order valence-corrected chi connectivity index (χ0v) is 18.7. The summed E-state index contributed by atoms with van der Waals surface area (Å²) in [6.45, 7) is 1.65. The van der Waals surface area contributed by atoms with Crippen LogP contribution in [0.1, 0.15) is 92.4 Å². The number of benzene rings is 2. The molecule has 0 heterocycles. The molecule has 2 nitrogen and oxygen atoms in total. The number of rotatable bonds is 11. The molecule has 0 N–H and O–H groups in total. The Morgan fingerprint density at radius 1 is 1.00 bits per heavy atom. The van der Waals surface area contributed by atoms with Crippen molar-refractivity contribution in [2.24, 2.45) is 5.92 Å². The van der Waals surface area contributed by atoms with Gasteiger partial charge in [0.15, 0.2) is 0 Å². The molecule has 166 valence electrons. The molecule has 2 aromatic carbocycles. The van der Waals surface area contributed by atoms with Crippen LogP contribution in [0.5, 0.6) is 0 Å². The van der Waals surface area contributed by atoms with Crippen molar-refractivity contribution in [2.45, 2.75) is 76.5 Å². The van der Waals surface area contributed by atoms with Crippen molar-refractivity contribution in [3.63, 3.8) is 0 Å². The fraction of sp³-hybridized carbons (Fsp3) is 0.500. The molecule has 1 fully saturated rings. The van der Waals surface area contributed by atoms with E-state index in [0.717, 1.165) is 42.2 Å². The third kappa shape index (κ3) is 6.59. The van der Waals surface area contributed by atoms with Gasteiger partial charge in [0.05, 0.1) is 12.6 Å². The standard InChI is InChI=1S/C28H35FO2/c1-2-27(31)18-9-22-5-10-23(11-6-22)24-14-16-26(17-15-24)28(20-30)25-12-7-21(8-13-25)4-3-19-29/h7-8,12-17,20,22-23,28H,2-6,9-11,18-19H2,1H3. The van der Waals surface area contributed by atoms with E-state index < -0.39 is 0 Å². The quantitative estimate of drug-likeness (QED) is 0.367. The summed E-state index contributed by atoms with van der Waals surface area (Å²) in [5.41, 5.74) is 4.46. The predicted molar refractivity (Wildman–Crippen MR) is 124 cm³/mol. The van der Waals surface area contributed by atoms with Gasteiger partial charge in [-0.1, -0.05) is 55.5 Å². The molecule has 1 atom stereocenters. The van der Waals surface area contributed by atoms with E-state index in [1.807, 2.05) is 31.2 Å². The molecule has 1 aliphatic rings. The van der Waals surface area contributed by atoms with Crippen molar-refractivity contribution in [3.05, 3.63) is 70.8 Å². The van der Waals surface area contributed by atoms with Crippen LogP contribution in [-0.4, -0.2) is 18.7 Å². The van der Waals surface area contributed by atoms with Crippen LogP contribution >= 0.6 is 0 Å². The normalized spacial score (nSPS) is 19.7. The molecule has 3 heteroatoms. The summed E-state index contributed by atoms with van der Waals surface area (Å²) in [5.74, 6) is 1.39. The second-order valence-electron chi connectivity index (χ2n) is 8.96. The molecule has 0 amide bonds. The van der Waals surface area contributed by atoms with Gasteiger partial charge in [0, 0.05) is 12.8 Å². The molecule has 3 rings (SSSR count). The van der Waals surface area contributed by atoms with E-state index in [1.165, 1.54) is 31.2 Å². The van der Waals surface area contributed by atoms with E-state index in [2.05, 4.69) is 24.3 Å². The van der Waals surface area contributed by atoms with E-state index in [1.54, 1.807) is 0 Å². The van der Waals surface area contributed by atoms with E-state index in [4.69, 9.17) is 0 Å². The van der Waals surface area contributed by atoms with Gasteiger partial charge >= 0.3 is 0 Å². The van der Waals surface area contributed by atoms with Crippen LogP contribution in [0.3, 0.4) is 0 Å². The first-order valence-corrected chi connectivity index (χ1v) is 11.9. The fourth-order valence-corrected chi connectivity index (χ4v) is 4.81. The second kappa shape index (κ2) is 11.9. The Bertz CT molecular complexity index is 817. The maximum Gasteiger partial charge on any atom is 0.132 e. The lowest BCUT2D eigenvalue weighted by Crippen LogP contribution is -2.14. The van der Waals surface area contributed by atoms with Gasteiger partial charge < -0.3 is 4.79 Å². The molecular formula is C28H35FO2. The van der Waals surface area contributed by atoms with E-state index in [9.17, 15) is 14.0 Å². The van der Waals surface area contributed by atoms with Gasteiger partial charge in [0.1, 0.15) is 12.1 Å². The molecule has 0 aliphatic heterocycles. The van der Waals surface area contributed by atoms with Gasteiger partial charge in [-0.25, -0.2) is 0 Å². The minimum atomic E-state index is -0.300. The molecule has 0 bridgehead atoms. The van der Waals surface area contributed by atoms with Gasteiger partial charge in [-0.05, 0) is 79.0 Å². The molecule has 0 saturated heterocycles. The monoisotopic (exact) mass is 422 g/mol. The van der Waals surface area contributed by atoms with Gasteiger partial charge in [-0.15, -0.1) is 0 Å². The first kappa shape index (κ1) is 23.4. The van der Waals surface area contributed by atoms with Crippen molar-refractivity contribution in [1.82, 2.24) is 0 Å². The lowest BCUT2D eigenvalue weighted by Gasteiger charge is -2.29. The number of alkyl halides is 1. The Balaban J connectivity index is 1.57. The maximum atomic E-state index is 12.4. The van der Waals surface area contributed by atoms with Gasteiger partial charge in [-0.3, -0.25) is 9.18 Å². The number of hydrogen-bond acceptors (Lipinski definition) is 2. The summed E-state index contributed by atoms with van der Waals surface area (Å²) in [7, 11) is 0. The van der Waals surface area contributed by atoms with Crippen molar-refractivity contribution >= 4 is 12.1 Å². The Kier molecular flexibility index (Phi) is 8.99. The van der Waals surface area contributed by atoms with E-state index in [0.29, 0.717) is 30.5 Å². The van der Waals surface area contributed by atoms with Crippen LogP contribution in [-0.2, 0) is 16.0 Å². The van der Waals surface area contributed by atoms with Crippen molar-refractivity contribution < 1.29 is 14.0 Å². The van der Waals surface area contributed by atoms with E-state index >= 15 is 0 Å². The zero-order chi connectivity index (χ0) is 22.1. The van der Waals surface area contributed by atoms with Crippen LogP contribution in [0.2, 0.25) is 0 Å². The summed E-state index contributed by atoms with van der Waals surface area (Å²) in [5, 5.41) is 0. The van der Waals surface area contributed by atoms with Gasteiger partial charge in [0.2, 0.25) is 0 Å². The molecule has 0 aromatic heterocycles. The number of carbonyl (C=O) groups excluding carboxylic acids is 2. The number of carbonyl (C=O) groups is 2. The number of Topliss-reactive ketones (excluding diaryl/α,β-unsaturated/α-hetero) is 1. The number of aldehydes is 1. The third-order valence-electron chi connectivity index (χ3n) is 6.91. The average Bonchev–Trinajstić information content (AvgIpc) is 2.83. The Hall–Kier alpha value is -2.29. The highest BCUT2D eigenvalue weighted by molar-refractivity contribution is 5.77. The highest BCUT2D eigenvalue weighted by Crippen LogP contribution is 2.38. The highest BCUT2D eigenvalue weighted by atomic mass is 19.1. The van der Waals surface area contributed by atoms with E-state index in [-0.39, 0.29) is 12.6 Å². The van der Waals surface area contributed by atoms with Crippen molar-refractivity contribution in [1.29, 1.82) is 0 Å². The van der Waals surface area contributed by atoms with Crippen LogP contribution in [0, 0.1) is 5.92 Å². The number of ketones is 1. The molecular weight excluding hydrogens is 387 g/mol. The zero-order valence-electron chi connectivity index (χ0n) is 18.7. The van der Waals surface area contributed by atoms with Gasteiger partial charge in [-0.2, -0.15) is 0 Å². The molecule has 0 spiro atoms. The summed E-state index contributed by atoms with van der Waals surface area (Å²) in [4.78, 5) is 23.4. The van der Waals surface area contributed by atoms with Crippen LogP contribution in [0.25, 0.3) is 0 Å². The first-order chi connectivity index (χ1) is 15.1. The fourth-order valence-electron chi connectivity index (χ4n) is 4.81. The molecule has 0 radical (unpaired) electrons. The molecule has 1 aliphatic carbocycles. The highest BCUT2D eigenvalue weighted by Gasteiger charge is 2.23. The van der Waals surface area contributed by atoms with Crippen molar-refractivity contribution in [3.8, 4) is 0 Å². The first-order valence-electron chi connectivity index (χ1n) is 11.9. The summed E-state index contributed by atoms with van der Waals surface area (Å²) >= 11 is 0. The predicted octanol–water partition coefficient (Wildman–Crippen LogP) is 6.95. The largest absolute Gasteiger partial charge is 0.302 e. The minimum absolute atomic E-state index is 0.267. The number of hydrogen-bond donors (Lipinski definition) is 0. The Morgan fingerprint density at radius 3 is 2.16 bits per heavy atom. The molecule has 31 heavy (non-hydrogen) atoms. The topological polar surface area (TPSA) is 34.1 Å². The van der Waals surface area contributed by atoms with Crippen LogP contribution < -0.4 is 0 Å². The Labute approximate surface area is 186 Å². The third-order valence-corrected chi connectivity index (χ3v) is 6.91. The van der Waals surface area contributed by atoms with Crippen molar-refractivity contribution in [2.75, 3.05) is 6.67 Å². The minimum Gasteiger partial charge on any atom is -0.302 e. The van der Waals surface area contributed by atoms with Crippen LogP contribution in [0.4, 0.5) is 4.39 Å². The Morgan fingerprint density at radius 2 is 1.61 bits per heavy atom. The number of halogens is 1. The summed E-state index contributed by atoms with van der Waals surface area (Å²) in [6.07, 6.45) is 9.50. The smallest absolute Gasteiger partial charge is 0.132 e. The molecule has 1 saturated carbocycles. The number of aryl methyl sites for hydroxylation is 1. The second-order valence-corrected chi connectivity index (χ2v) is 8.96. The summed E-state index contributed by atoms with van der Waals surface area (Å²) in [6, 6.07) is 16.6. The van der Waals surface area contributed by atoms with Gasteiger partial charge in [0.25, 0.3) is 0 Å². The molecule has 2 aromatic rings. The lowest BCUT2D eigenvalue weighted by molar-refractivity contribution is -0.119. The lowest BCUT2D eigenvalue weighted by atomic mass is 9.76. The molecule has 1 unspecified atom stereocenters. The SMILES string of the molecule is CCC(=O)CCC1CCC(c2ccc(C(C=O)c3ccc(CCCF)cc3)cc2)CC1. The maximum absolute atomic E-state index is 12.4. The average molecular weight is 423 g/mol. The van der Waals surface area contributed by atoms with Crippen LogP contribution in [0.15, 0.2) is 48.5 Å². The summed E-state index contributed by atoms with van der Waals surface area (Å²) < 4.78 is 12.4.